The van der Waals surface area contributed by atoms with Crippen molar-refractivity contribution in [1.29, 1.82) is 0 Å². The number of aryl methyl sites for hydroxylation is 1. The lowest BCUT2D eigenvalue weighted by molar-refractivity contribution is 0.397. The van der Waals surface area contributed by atoms with Crippen LogP contribution < -0.4 is 10.5 Å². The van der Waals surface area contributed by atoms with Gasteiger partial charge in [-0.15, -0.1) is 0 Å². The quantitative estimate of drug-likeness (QED) is 0.538. The van der Waals surface area contributed by atoms with Gasteiger partial charge in [0.2, 0.25) is 5.88 Å². The Bertz CT molecular complexity index is 334. The number of ether oxygens (including phenoxy) is 1. The van der Waals surface area contributed by atoms with Crippen molar-refractivity contribution in [2.45, 2.75) is 6.92 Å². The number of nitrogens with two attached hydrogens (primary N) is 1. The lowest BCUT2D eigenvalue weighted by Crippen LogP contribution is -2.16. The van der Waals surface area contributed by atoms with Crippen LogP contribution in [0.1, 0.15) is 11.3 Å². The van der Waals surface area contributed by atoms with Crippen molar-refractivity contribution < 1.29 is 4.74 Å². The zero-order valence-corrected chi connectivity index (χ0v) is 8.03. The third-order valence-electron chi connectivity index (χ3n) is 1.76. The summed E-state index contributed by atoms with van der Waals surface area (Å²) in [5.41, 5.74) is 7.32. The molecule has 0 amide bonds. The van der Waals surface area contributed by atoms with Gasteiger partial charge in [-0.05, 0) is 12.5 Å². The van der Waals surface area contributed by atoms with Crippen molar-refractivity contribution in [3.05, 3.63) is 23.4 Å². The van der Waals surface area contributed by atoms with E-state index >= 15 is 0 Å². The van der Waals surface area contributed by atoms with E-state index in [-0.39, 0.29) is 0 Å². The Morgan fingerprint density at radius 1 is 1.54 bits per heavy atom. The third-order valence-corrected chi connectivity index (χ3v) is 1.76. The summed E-state index contributed by atoms with van der Waals surface area (Å²) >= 11 is 0. The maximum absolute atomic E-state index is 5.65. The summed E-state index contributed by atoms with van der Waals surface area (Å²) < 4.78 is 4.98. The van der Waals surface area contributed by atoms with Gasteiger partial charge < -0.3 is 10.5 Å². The molecule has 4 heteroatoms. The number of aliphatic imine (C=N–C) groups is 1. The van der Waals surface area contributed by atoms with Crippen LogP contribution in [0.3, 0.4) is 0 Å². The van der Waals surface area contributed by atoms with Crippen LogP contribution in [0.2, 0.25) is 0 Å². The Hall–Kier alpha value is -1.58. The average molecular weight is 179 g/mol. The molecule has 1 aromatic heterocycles. The monoisotopic (exact) mass is 179 g/mol. The van der Waals surface area contributed by atoms with Gasteiger partial charge in [-0.3, -0.25) is 4.99 Å². The first-order valence-corrected chi connectivity index (χ1v) is 3.93. The van der Waals surface area contributed by atoms with Crippen molar-refractivity contribution in [3.8, 4) is 5.88 Å². The lowest BCUT2D eigenvalue weighted by atomic mass is 10.2. The van der Waals surface area contributed by atoms with Gasteiger partial charge in [0.25, 0.3) is 0 Å². The largest absolute Gasteiger partial charge is 0.481 e. The van der Waals surface area contributed by atoms with Crippen molar-refractivity contribution in [3.63, 3.8) is 0 Å². The lowest BCUT2D eigenvalue weighted by Gasteiger charge is -2.05. The predicted molar refractivity (Wildman–Crippen MR) is 52.2 cm³/mol. The highest BCUT2D eigenvalue weighted by Crippen LogP contribution is 2.11. The molecule has 0 saturated heterocycles. The van der Waals surface area contributed by atoms with Crippen LogP contribution in [-0.4, -0.2) is 25.0 Å². The number of hydrogen-bond donors (Lipinski definition) is 1. The summed E-state index contributed by atoms with van der Waals surface area (Å²) in [5, 5.41) is 0. The Kier molecular flexibility index (Phi) is 2.84. The molecular formula is C9H13N3O. The van der Waals surface area contributed by atoms with Crippen LogP contribution in [0.5, 0.6) is 5.88 Å². The highest BCUT2D eigenvalue weighted by atomic mass is 16.5. The molecule has 13 heavy (non-hydrogen) atoms. The summed E-state index contributed by atoms with van der Waals surface area (Å²) in [6.45, 7) is 1.93. The molecule has 0 aliphatic rings. The Labute approximate surface area is 77.5 Å². The van der Waals surface area contributed by atoms with Crippen LogP contribution >= 0.6 is 0 Å². The maximum atomic E-state index is 5.65. The van der Waals surface area contributed by atoms with Crippen LogP contribution in [0.15, 0.2) is 17.1 Å². The number of methoxy groups -OCH3 is 1. The second-order valence-corrected chi connectivity index (χ2v) is 2.63. The molecule has 0 bridgehead atoms. The minimum absolute atomic E-state index is 0.427. The molecule has 0 saturated carbocycles. The van der Waals surface area contributed by atoms with E-state index in [1.54, 1.807) is 20.2 Å². The minimum Gasteiger partial charge on any atom is -0.481 e. The predicted octanol–water partition coefficient (Wildman–Crippen LogP) is 0.734. The fourth-order valence-electron chi connectivity index (χ4n) is 0.990. The van der Waals surface area contributed by atoms with Crippen molar-refractivity contribution >= 4 is 5.84 Å². The van der Waals surface area contributed by atoms with E-state index in [0.717, 1.165) is 5.56 Å². The van der Waals surface area contributed by atoms with E-state index in [1.165, 1.54) is 0 Å². The Morgan fingerprint density at radius 3 is 2.77 bits per heavy atom. The normalized spacial score (nSPS) is 11.5. The number of hydrogen-bond acceptors (Lipinski definition) is 3. The topological polar surface area (TPSA) is 60.5 Å². The minimum atomic E-state index is 0.427. The van der Waals surface area contributed by atoms with E-state index in [1.807, 2.05) is 13.0 Å². The fourth-order valence-corrected chi connectivity index (χ4v) is 0.990. The molecule has 0 atom stereocenters. The molecule has 0 unspecified atom stereocenters. The standard InChI is InChI=1S/C9H13N3O/c1-6-4-5-7(13-3)12-8(6)9(10)11-2/h4-5H,1-3H3,(H2,10,11). The van der Waals surface area contributed by atoms with Gasteiger partial charge in [-0.25, -0.2) is 4.98 Å². The molecule has 0 aliphatic heterocycles. The van der Waals surface area contributed by atoms with Crippen molar-refractivity contribution in [2.75, 3.05) is 14.2 Å². The number of nitrogens with zero attached hydrogens (tertiary/aromatic N) is 2. The second kappa shape index (κ2) is 3.89. The second-order valence-electron chi connectivity index (χ2n) is 2.63. The molecule has 1 aromatic rings. The molecule has 0 aromatic carbocycles. The number of rotatable bonds is 2. The van der Waals surface area contributed by atoms with Crippen LogP contribution in [0.25, 0.3) is 0 Å². The summed E-state index contributed by atoms with van der Waals surface area (Å²) in [6, 6.07) is 3.70. The molecular weight excluding hydrogens is 166 g/mol. The Morgan fingerprint density at radius 2 is 2.23 bits per heavy atom. The molecule has 0 spiro atoms. The zero-order chi connectivity index (χ0) is 9.84. The van der Waals surface area contributed by atoms with E-state index in [2.05, 4.69) is 9.98 Å². The van der Waals surface area contributed by atoms with Gasteiger partial charge >= 0.3 is 0 Å². The van der Waals surface area contributed by atoms with Crippen LogP contribution in [0, 0.1) is 6.92 Å². The highest BCUT2D eigenvalue weighted by Gasteiger charge is 2.05. The van der Waals surface area contributed by atoms with Gasteiger partial charge in [0.15, 0.2) is 0 Å². The van der Waals surface area contributed by atoms with Gasteiger partial charge in [0.1, 0.15) is 11.5 Å². The summed E-state index contributed by atoms with van der Waals surface area (Å²) in [6.07, 6.45) is 0. The average Bonchev–Trinajstić information content (AvgIpc) is 2.17. The number of amidine groups is 1. The van der Waals surface area contributed by atoms with E-state index in [4.69, 9.17) is 10.5 Å². The molecule has 0 aliphatic carbocycles. The van der Waals surface area contributed by atoms with Gasteiger partial charge in [0.05, 0.1) is 7.11 Å². The van der Waals surface area contributed by atoms with Gasteiger partial charge in [-0.1, -0.05) is 6.07 Å². The number of pyridine rings is 1. The van der Waals surface area contributed by atoms with Crippen LogP contribution in [-0.2, 0) is 0 Å². The third kappa shape index (κ3) is 1.96. The maximum Gasteiger partial charge on any atom is 0.213 e. The van der Waals surface area contributed by atoms with Gasteiger partial charge in [0, 0.05) is 13.1 Å². The summed E-state index contributed by atoms with van der Waals surface area (Å²) in [4.78, 5) is 8.05. The molecule has 2 N–H and O–H groups in total. The van der Waals surface area contributed by atoms with E-state index in [9.17, 15) is 0 Å². The fraction of sp³-hybridized carbons (Fsp3) is 0.333. The number of aromatic nitrogens is 1. The molecule has 0 radical (unpaired) electrons. The first kappa shape index (κ1) is 9.51. The summed E-state index contributed by atoms with van der Waals surface area (Å²) in [5.74, 6) is 0.976. The molecule has 0 fully saturated rings. The Balaban J connectivity index is 3.19. The summed E-state index contributed by atoms with van der Waals surface area (Å²) in [7, 11) is 3.21. The van der Waals surface area contributed by atoms with E-state index in [0.29, 0.717) is 17.4 Å². The highest BCUT2D eigenvalue weighted by molar-refractivity contribution is 5.96. The van der Waals surface area contributed by atoms with E-state index < -0.39 is 0 Å². The zero-order valence-electron chi connectivity index (χ0n) is 8.03. The first-order valence-electron chi connectivity index (χ1n) is 3.93. The SMILES string of the molecule is CN=C(N)c1nc(OC)ccc1C. The first-order chi connectivity index (χ1) is 6.19. The van der Waals surface area contributed by atoms with Crippen molar-refractivity contribution in [2.24, 2.45) is 10.7 Å². The molecule has 1 heterocycles. The van der Waals surface area contributed by atoms with Crippen molar-refractivity contribution in [1.82, 2.24) is 4.98 Å². The molecule has 70 valence electrons. The van der Waals surface area contributed by atoms with Gasteiger partial charge in [-0.2, -0.15) is 0 Å². The van der Waals surface area contributed by atoms with Crippen LogP contribution in [0.4, 0.5) is 0 Å². The smallest absolute Gasteiger partial charge is 0.213 e. The molecule has 4 nitrogen and oxygen atoms in total. The molecule has 1 rings (SSSR count).